The van der Waals surface area contributed by atoms with Gasteiger partial charge in [0.25, 0.3) is 0 Å². The molecule has 1 rings (SSSR count). The van der Waals surface area contributed by atoms with Crippen molar-refractivity contribution >= 4 is 17.5 Å². The predicted molar refractivity (Wildman–Crippen MR) is 51.0 cm³/mol. The Morgan fingerprint density at radius 3 is 3.00 bits per heavy atom. The monoisotopic (exact) mass is 200 g/mol. The molecule has 72 valence electrons. The van der Waals surface area contributed by atoms with Crippen LogP contribution in [0.15, 0.2) is 6.20 Å². The minimum Gasteiger partial charge on any atom is -0.477 e. The van der Waals surface area contributed by atoms with Crippen LogP contribution in [0.1, 0.15) is 29.1 Å². The summed E-state index contributed by atoms with van der Waals surface area (Å²) < 4.78 is 3.84. The van der Waals surface area contributed by atoms with Gasteiger partial charge in [-0.05, 0) is 11.5 Å². The van der Waals surface area contributed by atoms with Crippen molar-refractivity contribution in [2.45, 2.75) is 26.4 Å². The highest BCUT2D eigenvalue weighted by Gasteiger charge is 2.12. The van der Waals surface area contributed by atoms with Crippen molar-refractivity contribution in [2.75, 3.05) is 0 Å². The second-order valence-corrected chi connectivity index (χ2v) is 3.82. The van der Waals surface area contributed by atoms with Crippen molar-refractivity contribution in [1.29, 1.82) is 0 Å². The molecule has 0 spiro atoms. The molecule has 0 saturated carbocycles. The lowest BCUT2D eigenvalue weighted by Crippen LogP contribution is -2.22. The van der Waals surface area contributed by atoms with Crippen LogP contribution in [0.4, 0.5) is 0 Å². The van der Waals surface area contributed by atoms with Crippen LogP contribution in [0.25, 0.3) is 0 Å². The average molecular weight is 200 g/mol. The molecule has 13 heavy (non-hydrogen) atoms. The molecule has 0 aliphatic heterocycles. The lowest BCUT2D eigenvalue weighted by atomic mass is 10.2. The molecule has 0 bridgehead atoms. The molecular weight excluding hydrogens is 188 g/mol. The molecule has 0 aromatic carbocycles. The van der Waals surface area contributed by atoms with Gasteiger partial charge in [0, 0.05) is 24.3 Å². The molecule has 1 aromatic heterocycles. The number of aromatic nitrogens is 1. The molecule has 0 radical (unpaired) electrons. The van der Waals surface area contributed by atoms with Crippen LogP contribution in [0, 0.1) is 0 Å². The first kappa shape index (κ1) is 10.1. The number of carboxylic acid groups (broad SMARTS) is 1. The van der Waals surface area contributed by atoms with E-state index in [1.54, 1.807) is 6.20 Å². The molecule has 0 amide bonds. The topological polar surface area (TPSA) is 62.2 Å². The molecule has 0 fully saturated rings. The third-order valence-corrected chi connectivity index (χ3v) is 2.37. The van der Waals surface area contributed by atoms with Gasteiger partial charge < -0.3 is 10.4 Å². The maximum atomic E-state index is 10.7. The van der Waals surface area contributed by atoms with E-state index >= 15 is 0 Å². The highest BCUT2D eigenvalue weighted by Crippen LogP contribution is 2.13. The first-order valence-electron chi connectivity index (χ1n) is 4.01. The standard InChI is InChI=1S/C8H12N2O2S/c1-5(2)9-3-6-4-10-13-7(6)8(11)12/h4-5,9H,3H2,1-2H3,(H,11,12). The lowest BCUT2D eigenvalue weighted by molar-refractivity contribution is 0.0701. The van der Waals surface area contributed by atoms with Gasteiger partial charge in [-0.1, -0.05) is 13.8 Å². The van der Waals surface area contributed by atoms with Gasteiger partial charge in [0.1, 0.15) is 4.88 Å². The first-order chi connectivity index (χ1) is 6.11. The molecule has 5 heteroatoms. The first-order valence-corrected chi connectivity index (χ1v) is 4.79. The van der Waals surface area contributed by atoms with E-state index in [1.807, 2.05) is 13.8 Å². The minimum atomic E-state index is -0.900. The fourth-order valence-corrected chi connectivity index (χ4v) is 1.48. The third kappa shape index (κ3) is 2.78. The van der Waals surface area contributed by atoms with E-state index in [-0.39, 0.29) is 0 Å². The highest BCUT2D eigenvalue weighted by molar-refractivity contribution is 7.08. The summed E-state index contributed by atoms with van der Waals surface area (Å²) in [5, 5.41) is 11.9. The van der Waals surface area contributed by atoms with Crippen molar-refractivity contribution in [2.24, 2.45) is 0 Å². The quantitative estimate of drug-likeness (QED) is 0.770. The van der Waals surface area contributed by atoms with Gasteiger partial charge in [-0.3, -0.25) is 0 Å². The van der Waals surface area contributed by atoms with Gasteiger partial charge in [0.05, 0.1) is 0 Å². The summed E-state index contributed by atoms with van der Waals surface area (Å²) in [6.07, 6.45) is 1.60. The van der Waals surface area contributed by atoms with Crippen LogP contribution in [-0.4, -0.2) is 21.5 Å². The smallest absolute Gasteiger partial charge is 0.347 e. The van der Waals surface area contributed by atoms with Gasteiger partial charge in [-0.2, -0.15) is 4.37 Å². The summed E-state index contributed by atoms with van der Waals surface area (Å²) in [5.74, 6) is -0.900. The van der Waals surface area contributed by atoms with Crippen molar-refractivity contribution in [3.8, 4) is 0 Å². The normalized spacial score (nSPS) is 10.7. The van der Waals surface area contributed by atoms with Gasteiger partial charge in [0.2, 0.25) is 0 Å². The van der Waals surface area contributed by atoms with Crippen LogP contribution in [0.3, 0.4) is 0 Å². The Morgan fingerprint density at radius 2 is 2.46 bits per heavy atom. The minimum absolute atomic E-state index is 0.327. The summed E-state index contributed by atoms with van der Waals surface area (Å²) >= 11 is 1.02. The summed E-state index contributed by atoms with van der Waals surface area (Å²) in [6.45, 7) is 4.59. The Bertz CT molecular complexity index is 296. The largest absolute Gasteiger partial charge is 0.477 e. The van der Waals surface area contributed by atoms with Gasteiger partial charge >= 0.3 is 5.97 Å². The second kappa shape index (κ2) is 4.34. The Hall–Kier alpha value is -0.940. The number of nitrogens with zero attached hydrogens (tertiary/aromatic N) is 1. The van der Waals surface area contributed by atoms with Gasteiger partial charge in [-0.15, -0.1) is 0 Å². The fourth-order valence-electron chi connectivity index (χ4n) is 0.876. The third-order valence-electron chi connectivity index (χ3n) is 1.54. The molecule has 0 unspecified atom stereocenters. The van der Waals surface area contributed by atoms with Crippen molar-refractivity contribution < 1.29 is 9.90 Å². The Morgan fingerprint density at radius 1 is 1.77 bits per heavy atom. The number of hydrogen-bond donors (Lipinski definition) is 2. The molecule has 0 atom stereocenters. The molecule has 0 aliphatic carbocycles. The van der Waals surface area contributed by atoms with Crippen LogP contribution in [0.5, 0.6) is 0 Å². The maximum absolute atomic E-state index is 10.7. The average Bonchev–Trinajstić information content (AvgIpc) is 2.47. The SMILES string of the molecule is CC(C)NCc1cnsc1C(=O)O. The number of aromatic carboxylic acids is 1. The van der Waals surface area contributed by atoms with Crippen LogP contribution in [-0.2, 0) is 6.54 Å². The Kier molecular flexibility index (Phi) is 3.39. The van der Waals surface area contributed by atoms with Gasteiger partial charge in [0.15, 0.2) is 0 Å². The van der Waals surface area contributed by atoms with E-state index in [9.17, 15) is 4.79 Å². The highest BCUT2D eigenvalue weighted by atomic mass is 32.1. The summed E-state index contributed by atoms with van der Waals surface area (Å²) in [4.78, 5) is 11.0. The maximum Gasteiger partial charge on any atom is 0.347 e. The Balaban J connectivity index is 2.65. The number of hydrogen-bond acceptors (Lipinski definition) is 4. The van der Waals surface area contributed by atoms with Crippen LogP contribution in [0.2, 0.25) is 0 Å². The van der Waals surface area contributed by atoms with E-state index in [0.29, 0.717) is 17.5 Å². The van der Waals surface area contributed by atoms with E-state index < -0.39 is 5.97 Å². The number of rotatable bonds is 4. The van der Waals surface area contributed by atoms with E-state index in [0.717, 1.165) is 17.1 Å². The van der Waals surface area contributed by atoms with Crippen molar-refractivity contribution in [3.63, 3.8) is 0 Å². The second-order valence-electron chi connectivity index (χ2n) is 3.02. The number of nitrogens with one attached hydrogen (secondary N) is 1. The van der Waals surface area contributed by atoms with Gasteiger partial charge in [-0.25, -0.2) is 4.79 Å². The Labute approximate surface area is 80.8 Å². The molecule has 0 aliphatic rings. The van der Waals surface area contributed by atoms with Crippen molar-refractivity contribution in [3.05, 3.63) is 16.6 Å². The predicted octanol–water partition coefficient (Wildman–Crippen LogP) is 1.34. The molecule has 1 aromatic rings. The summed E-state index contributed by atoms with van der Waals surface area (Å²) in [7, 11) is 0. The molecule has 0 saturated heterocycles. The van der Waals surface area contributed by atoms with Crippen LogP contribution < -0.4 is 5.32 Å². The number of carbonyl (C=O) groups is 1. The summed E-state index contributed by atoms with van der Waals surface area (Å²) in [6, 6.07) is 0.349. The molecule has 4 nitrogen and oxygen atoms in total. The van der Waals surface area contributed by atoms with E-state index in [1.165, 1.54) is 0 Å². The van der Waals surface area contributed by atoms with E-state index in [2.05, 4.69) is 9.69 Å². The van der Waals surface area contributed by atoms with Crippen LogP contribution >= 0.6 is 11.5 Å². The summed E-state index contributed by atoms with van der Waals surface area (Å²) in [5.41, 5.74) is 0.756. The molecular formula is C8H12N2O2S. The zero-order chi connectivity index (χ0) is 9.84. The molecule has 1 heterocycles. The zero-order valence-electron chi connectivity index (χ0n) is 7.57. The fraction of sp³-hybridized carbons (Fsp3) is 0.500. The lowest BCUT2D eigenvalue weighted by Gasteiger charge is -2.06. The molecule has 2 N–H and O–H groups in total. The zero-order valence-corrected chi connectivity index (χ0v) is 8.39. The number of carboxylic acids is 1. The van der Waals surface area contributed by atoms with Crippen molar-refractivity contribution in [1.82, 2.24) is 9.69 Å². The van der Waals surface area contributed by atoms with E-state index in [4.69, 9.17) is 5.11 Å².